The van der Waals surface area contributed by atoms with Crippen molar-refractivity contribution in [2.24, 2.45) is 7.05 Å². The van der Waals surface area contributed by atoms with E-state index in [2.05, 4.69) is 10.4 Å². The molecular weight excluding hydrogens is 258 g/mol. The van der Waals surface area contributed by atoms with E-state index in [1.807, 2.05) is 20.9 Å². The smallest absolute Gasteiger partial charge is 0.303 e. The van der Waals surface area contributed by atoms with Crippen LogP contribution in [0.15, 0.2) is 0 Å². The Morgan fingerprint density at radius 2 is 1.85 bits per heavy atom. The van der Waals surface area contributed by atoms with Crippen LogP contribution in [-0.2, 0) is 11.8 Å². The van der Waals surface area contributed by atoms with E-state index in [1.165, 1.54) is 0 Å². The van der Waals surface area contributed by atoms with Crippen LogP contribution < -0.4 is 5.32 Å². The van der Waals surface area contributed by atoms with Gasteiger partial charge in [0.1, 0.15) is 0 Å². The SMILES string of the molecule is Cc1nn(C)c(C)c1C(=O)NCCCCCCC(=O)O. The number of carbonyl (C=O) groups excluding carboxylic acids is 1. The summed E-state index contributed by atoms with van der Waals surface area (Å²) in [4.78, 5) is 22.4. The molecule has 1 amide bonds. The molecule has 6 heteroatoms. The number of carbonyl (C=O) groups is 2. The van der Waals surface area contributed by atoms with Gasteiger partial charge in [-0.25, -0.2) is 0 Å². The highest BCUT2D eigenvalue weighted by molar-refractivity contribution is 5.96. The van der Waals surface area contributed by atoms with Gasteiger partial charge < -0.3 is 10.4 Å². The van der Waals surface area contributed by atoms with Crippen molar-refractivity contribution in [1.82, 2.24) is 15.1 Å². The molecule has 0 aliphatic rings. The van der Waals surface area contributed by atoms with Gasteiger partial charge in [-0.05, 0) is 26.7 Å². The summed E-state index contributed by atoms with van der Waals surface area (Å²) in [5, 5.41) is 15.6. The molecule has 0 saturated carbocycles. The van der Waals surface area contributed by atoms with E-state index in [0.717, 1.165) is 30.7 Å². The summed E-state index contributed by atoms with van der Waals surface area (Å²) < 4.78 is 1.70. The maximum Gasteiger partial charge on any atom is 0.303 e. The summed E-state index contributed by atoms with van der Waals surface area (Å²) in [5.74, 6) is -0.834. The highest BCUT2D eigenvalue weighted by Gasteiger charge is 2.16. The van der Waals surface area contributed by atoms with Crippen molar-refractivity contribution in [2.75, 3.05) is 6.54 Å². The van der Waals surface area contributed by atoms with Gasteiger partial charge in [0.25, 0.3) is 5.91 Å². The summed E-state index contributed by atoms with van der Waals surface area (Å²) in [7, 11) is 1.82. The Hall–Kier alpha value is -1.85. The van der Waals surface area contributed by atoms with Gasteiger partial charge in [-0.2, -0.15) is 5.10 Å². The molecule has 0 atom stereocenters. The second-order valence-electron chi connectivity index (χ2n) is 4.98. The zero-order valence-electron chi connectivity index (χ0n) is 12.4. The van der Waals surface area contributed by atoms with E-state index >= 15 is 0 Å². The molecule has 6 nitrogen and oxygen atoms in total. The number of nitrogens with zero attached hydrogens (tertiary/aromatic N) is 2. The van der Waals surface area contributed by atoms with Gasteiger partial charge in [-0.3, -0.25) is 14.3 Å². The molecular formula is C14H23N3O3. The Balaban J connectivity index is 2.25. The van der Waals surface area contributed by atoms with Gasteiger partial charge in [0.15, 0.2) is 0 Å². The lowest BCUT2D eigenvalue weighted by Gasteiger charge is -2.05. The van der Waals surface area contributed by atoms with Crippen molar-refractivity contribution in [1.29, 1.82) is 0 Å². The Labute approximate surface area is 119 Å². The molecule has 0 aromatic carbocycles. The molecule has 0 aliphatic heterocycles. The molecule has 0 aliphatic carbocycles. The third kappa shape index (κ3) is 4.68. The van der Waals surface area contributed by atoms with E-state index in [4.69, 9.17) is 5.11 Å². The summed E-state index contributed by atoms with van der Waals surface area (Å²) in [6.07, 6.45) is 3.60. The first-order valence-electron chi connectivity index (χ1n) is 6.93. The molecule has 20 heavy (non-hydrogen) atoms. The van der Waals surface area contributed by atoms with Crippen molar-refractivity contribution in [3.05, 3.63) is 17.0 Å². The van der Waals surface area contributed by atoms with E-state index in [0.29, 0.717) is 18.5 Å². The standard InChI is InChI=1S/C14H23N3O3/c1-10-13(11(2)17(3)16-10)14(20)15-9-7-5-4-6-8-12(18)19/h4-9H2,1-3H3,(H,15,20)(H,18,19). The summed E-state index contributed by atoms with van der Waals surface area (Å²) in [5.41, 5.74) is 2.25. The molecule has 0 fully saturated rings. The lowest BCUT2D eigenvalue weighted by atomic mass is 10.1. The number of aryl methyl sites for hydroxylation is 2. The minimum Gasteiger partial charge on any atom is -0.481 e. The minimum absolute atomic E-state index is 0.0846. The summed E-state index contributed by atoms with van der Waals surface area (Å²) in [6.45, 7) is 4.31. The lowest BCUT2D eigenvalue weighted by Crippen LogP contribution is -2.25. The number of nitrogens with one attached hydrogen (secondary N) is 1. The number of unbranched alkanes of at least 4 members (excludes halogenated alkanes) is 3. The molecule has 0 spiro atoms. The van der Waals surface area contributed by atoms with Gasteiger partial charge in [-0.1, -0.05) is 12.8 Å². The van der Waals surface area contributed by atoms with Crippen molar-refractivity contribution in [2.45, 2.75) is 46.0 Å². The average Bonchev–Trinajstić information content (AvgIpc) is 2.61. The predicted octanol–water partition coefficient (Wildman–Crippen LogP) is 1.80. The normalized spacial score (nSPS) is 10.6. The molecule has 0 unspecified atom stereocenters. The Morgan fingerprint density at radius 1 is 1.20 bits per heavy atom. The highest BCUT2D eigenvalue weighted by Crippen LogP contribution is 2.11. The first-order valence-corrected chi connectivity index (χ1v) is 6.93. The first kappa shape index (κ1) is 16.2. The maximum atomic E-state index is 12.0. The van der Waals surface area contributed by atoms with Gasteiger partial charge in [0.05, 0.1) is 11.3 Å². The van der Waals surface area contributed by atoms with E-state index in [-0.39, 0.29) is 12.3 Å². The Bertz CT molecular complexity index is 480. The first-order chi connectivity index (χ1) is 9.43. The Morgan fingerprint density at radius 3 is 2.40 bits per heavy atom. The number of amides is 1. The second-order valence-corrected chi connectivity index (χ2v) is 4.98. The predicted molar refractivity (Wildman–Crippen MR) is 75.7 cm³/mol. The molecule has 0 radical (unpaired) electrons. The number of hydrogen-bond donors (Lipinski definition) is 2. The Kier molecular flexibility index (Phi) is 6.21. The van der Waals surface area contributed by atoms with Crippen LogP contribution in [0.1, 0.15) is 53.8 Å². The third-order valence-corrected chi connectivity index (χ3v) is 3.34. The average molecular weight is 281 g/mol. The van der Waals surface area contributed by atoms with Gasteiger partial charge in [0, 0.05) is 25.7 Å². The number of rotatable bonds is 8. The van der Waals surface area contributed by atoms with Crippen LogP contribution in [0.4, 0.5) is 0 Å². The fourth-order valence-corrected chi connectivity index (χ4v) is 2.15. The third-order valence-electron chi connectivity index (χ3n) is 3.34. The monoisotopic (exact) mass is 281 g/mol. The quantitative estimate of drug-likeness (QED) is 0.712. The molecule has 1 heterocycles. The van der Waals surface area contributed by atoms with Gasteiger partial charge in [0.2, 0.25) is 0 Å². The van der Waals surface area contributed by atoms with Gasteiger partial charge >= 0.3 is 5.97 Å². The van der Waals surface area contributed by atoms with E-state index < -0.39 is 5.97 Å². The summed E-state index contributed by atoms with van der Waals surface area (Å²) >= 11 is 0. The molecule has 1 aromatic rings. The van der Waals surface area contributed by atoms with Crippen LogP contribution in [0.3, 0.4) is 0 Å². The van der Waals surface area contributed by atoms with Gasteiger partial charge in [-0.15, -0.1) is 0 Å². The summed E-state index contributed by atoms with van der Waals surface area (Å²) in [6, 6.07) is 0. The fourth-order valence-electron chi connectivity index (χ4n) is 2.15. The zero-order valence-corrected chi connectivity index (χ0v) is 12.4. The zero-order chi connectivity index (χ0) is 15.1. The highest BCUT2D eigenvalue weighted by atomic mass is 16.4. The maximum absolute atomic E-state index is 12.0. The van der Waals surface area contributed by atoms with Crippen LogP contribution in [0, 0.1) is 13.8 Å². The molecule has 1 aromatic heterocycles. The van der Waals surface area contributed by atoms with E-state index in [9.17, 15) is 9.59 Å². The largest absolute Gasteiger partial charge is 0.481 e. The number of aromatic nitrogens is 2. The topological polar surface area (TPSA) is 84.2 Å². The molecule has 2 N–H and O–H groups in total. The van der Waals surface area contributed by atoms with Crippen molar-refractivity contribution in [3.63, 3.8) is 0 Å². The number of carboxylic acid groups (broad SMARTS) is 1. The number of hydrogen-bond acceptors (Lipinski definition) is 3. The number of carboxylic acids is 1. The van der Waals surface area contributed by atoms with Crippen LogP contribution in [-0.4, -0.2) is 33.3 Å². The van der Waals surface area contributed by atoms with Crippen molar-refractivity contribution in [3.8, 4) is 0 Å². The van der Waals surface area contributed by atoms with Crippen LogP contribution in [0.2, 0.25) is 0 Å². The molecule has 0 bridgehead atoms. The number of aliphatic carboxylic acids is 1. The van der Waals surface area contributed by atoms with Crippen LogP contribution in [0.25, 0.3) is 0 Å². The second kappa shape index (κ2) is 7.67. The van der Waals surface area contributed by atoms with Crippen molar-refractivity contribution >= 4 is 11.9 Å². The fraction of sp³-hybridized carbons (Fsp3) is 0.643. The van der Waals surface area contributed by atoms with Crippen molar-refractivity contribution < 1.29 is 14.7 Å². The van der Waals surface area contributed by atoms with E-state index in [1.54, 1.807) is 4.68 Å². The van der Waals surface area contributed by atoms with Crippen LogP contribution >= 0.6 is 0 Å². The van der Waals surface area contributed by atoms with Crippen LogP contribution in [0.5, 0.6) is 0 Å². The molecule has 112 valence electrons. The molecule has 0 saturated heterocycles. The lowest BCUT2D eigenvalue weighted by molar-refractivity contribution is -0.137. The molecule has 1 rings (SSSR count). The minimum atomic E-state index is -0.749.